The average molecular weight is 454 g/mol. The molecule has 9 nitrogen and oxygen atoms in total. The van der Waals surface area contributed by atoms with Gasteiger partial charge >= 0.3 is 0 Å². The van der Waals surface area contributed by atoms with Crippen LogP contribution in [0.3, 0.4) is 0 Å². The Morgan fingerprint density at radius 1 is 0.848 bits per heavy atom. The van der Waals surface area contributed by atoms with E-state index in [2.05, 4.69) is 43.7 Å². The zero-order chi connectivity index (χ0) is 22.9. The van der Waals surface area contributed by atoms with Gasteiger partial charge in [0.05, 0.1) is 17.9 Å². The Morgan fingerprint density at radius 3 is 2.06 bits per heavy atom. The summed E-state index contributed by atoms with van der Waals surface area (Å²) in [5.41, 5.74) is 2.07. The van der Waals surface area contributed by atoms with Crippen molar-refractivity contribution in [1.29, 1.82) is 0 Å². The molecule has 2 aliphatic rings. The quantitative estimate of drug-likeness (QED) is 0.577. The molecule has 2 aliphatic heterocycles. The Kier molecular flexibility index (Phi) is 5.94. The van der Waals surface area contributed by atoms with Gasteiger partial charge in [0.15, 0.2) is 5.82 Å². The number of halogens is 1. The first-order chi connectivity index (χ1) is 16.1. The third kappa shape index (κ3) is 4.16. The van der Waals surface area contributed by atoms with Crippen LogP contribution in [0.1, 0.15) is 5.56 Å². The van der Waals surface area contributed by atoms with E-state index in [0.29, 0.717) is 38.1 Å². The average Bonchev–Trinajstić information content (AvgIpc) is 3.28. The SMILES string of the molecule is CO[C@H]1CN(c2nc(N3CCN(c4ncc(F)cn4)CC3)nc3c(C)cccc23)C[C@H]1OC. The maximum Gasteiger partial charge on any atom is 0.228 e. The largest absolute Gasteiger partial charge is 0.377 e. The highest BCUT2D eigenvalue weighted by Gasteiger charge is 2.35. The molecule has 2 saturated heterocycles. The summed E-state index contributed by atoms with van der Waals surface area (Å²) in [7, 11) is 3.44. The lowest BCUT2D eigenvalue weighted by Crippen LogP contribution is -2.47. The van der Waals surface area contributed by atoms with Gasteiger partial charge in [-0.05, 0) is 18.6 Å². The van der Waals surface area contributed by atoms with E-state index in [9.17, 15) is 4.39 Å². The monoisotopic (exact) mass is 453 g/mol. The molecule has 10 heteroatoms. The summed E-state index contributed by atoms with van der Waals surface area (Å²) in [6.07, 6.45) is 2.39. The molecule has 0 N–H and O–H groups in total. The van der Waals surface area contributed by atoms with Crippen LogP contribution in [0.15, 0.2) is 30.6 Å². The molecule has 2 atom stereocenters. The summed E-state index contributed by atoms with van der Waals surface area (Å²) < 4.78 is 24.5. The van der Waals surface area contributed by atoms with E-state index in [4.69, 9.17) is 19.4 Å². The maximum atomic E-state index is 13.2. The van der Waals surface area contributed by atoms with E-state index in [-0.39, 0.29) is 12.2 Å². The molecule has 0 radical (unpaired) electrons. The molecule has 1 aromatic carbocycles. The summed E-state index contributed by atoms with van der Waals surface area (Å²) in [5, 5.41) is 1.03. The van der Waals surface area contributed by atoms with Gasteiger partial charge in [-0.1, -0.05) is 12.1 Å². The number of aryl methyl sites for hydroxylation is 1. The lowest BCUT2D eigenvalue weighted by atomic mass is 10.1. The molecule has 0 aliphatic carbocycles. The van der Waals surface area contributed by atoms with Gasteiger partial charge in [-0.3, -0.25) is 0 Å². The minimum Gasteiger partial charge on any atom is -0.377 e. The van der Waals surface area contributed by atoms with Crippen molar-refractivity contribution in [1.82, 2.24) is 19.9 Å². The van der Waals surface area contributed by atoms with Crippen LogP contribution < -0.4 is 14.7 Å². The number of anilines is 3. The van der Waals surface area contributed by atoms with Gasteiger partial charge in [0, 0.05) is 58.9 Å². The number of rotatable bonds is 5. The van der Waals surface area contributed by atoms with Crippen LogP contribution >= 0.6 is 0 Å². The number of benzene rings is 1. The lowest BCUT2D eigenvalue weighted by molar-refractivity contribution is -0.00461. The number of hydrogen-bond acceptors (Lipinski definition) is 9. The number of fused-ring (bicyclic) bond motifs is 1. The van der Waals surface area contributed by atoms with E-state index < -0.39 is 5.82 Å². The van der Waals surface area contributed by atoms with Crippen molar-refractivity contribution >= 4 is 28.6 Å². The normalized spacial score (nSPS) is 21.3. The second-order valence-corrected chi connectivity index (χ2v) is 8.45. The molecule has 0 saturated carbocycles. The first-order valence-corrected chi connectivity index (χ1v) is 11.1. The van der Waals surface area contributed by atoms with Crippen LogP contribution in [0, 0.1) is 12.7 Å². The molecule has 0 amide bonds. The van der Waals surface area contributed by atoms with Gasteiger partial charge in [0.1, 0.15) is 18.0 Å². The van der Waals surface area contributed by atoms with Crippen LogP contribution in [0.2, 0.25) is 0 Å². The zero-order valence-corrected chi connectivity index (χ0v) is 19.1. The van der Waals surface area contributed by atoms with Crippen molar-refractivity contribution in [2.45, 2.75) is 19.1 Å². The van der Waals surface area contributed by atoms with Crippen molar-refractivity contribution in [3.05, 3.63) is 42.0 Å². The molecule has 33 heavy (non-hydrogen) atoms. The van der Waals surface area contributed by atoms with Crippen LogP contribution in [0.4, 0.5) is 22.1 Å². The van der Waals surface area contributed by atoms with Crippen molar-refractivity contribution < 1.29 is 13.9 Å². The topological polar surface area (TPSA) is 79.7 Å². The van der Waals surface area contributed by atoms with Gasteiger partial charge in [-0.25, -0.2) is 19.3 Å². The highest BCUT2D eigenvalue weighted by molar-refractivity contribution is 5.92. The zero-order valence-electron chi connectivity index (χ0n) is 19.1. The van der Waals surface area contributed by atoms with E-state index in [1.807, 2.05) is 6.07 Å². The Labute approximate surface area is 192 Å². The van der Waals surface area contributed by atoms with Crippen molar-refractivity contribution in [3.63, 3.8) is 0 Å². The van der Waals surface area contributed by atoms with E-state index in [1.54, 1.807) is 14.2 Å². The molecule has 0 bridgehead atoms. The number of nitrogens with zero attached hydrogens (tertiary/aromatic N) is 7. The Hall–Kier alpha value is -3.11. The summed E-state index contributed by atoms with van der Waals surface area (Å²) in [4.78, 5) is 24.7. The van der Waals surface area contributed by atoms with Crippen LogP contribution in [-0.2, 0) is 9.47 Å². The number of piperazine rings is 1. The molecular weight excluding hydrogens is 425 g/mol. The van der Waals surface area contributed by atoms with Crippen LogP contribution in [-0.4, -0.2) is 85.6 Å². The fraction of sp³-hybridized carbons (Fsp3) is 0.478. The minimum absolute atomic E-state index is 0.00692. The van der Waals surface area contributed by atoms with E-state index >= 15 is 0 Å². The molecule has 2 aromatic heterocycles. The molecule has 0 spiro atoms. The summed E-state index contributed by atoms with van der Waals surface area (Å²) in [6, 6.07) is 6.20. The molecular formula is C23H28FN7O2. The number of ether oxygens (including phenoxy) is 2. The molecule has 0 unspecified atom stereocenters. The van der Waals surface area contributed by atoms with Gasteiger partial charge in [-0.15, -0.1) is 0 Å². The number of para-hydroxylation sites is 1. The predicted molar refractivity (Wildman–Crippen MR) is 124 cm³/mol. The van der Waals surface area contributed by atoms with Gasteiger partial charge in [-0.2, -0.15) is 4.98 Å². The molecule has 5 rings (SSSR count). The fourth-order valence-corrected chi connectivity index (χ4v) is 4.60. The third-order valence-electron chi connectivity index (χ3n) is 6.47. The van der Waals surface area contributed by atoms with E-state index in [0.717, 1.165) is 35.4 Å². The Balaban J connectivity index is 1.43. The van der Waals surface area contributed by atoms with Crippen LogP contribution in [0.25, 0.3) is 10.9 Å². The van der Waals surface area contributed by atoms with Gasteiger partial charge < -0.3 is 24.2 Å². The molecule has 174 valence electrons. The predicted octanol–water partition coefficient (Wildman–Crippen LogP) is 2.04. The molecule has 4 heterocycles. The summed E-state index contributed by atoms with van der Waals surface area (Å²) in [5.74, 6) is 1.73. The smallest absolute Gasteiger partial charge is 0.228 e. The van der Waals surface area contributed by atoms with Crippen molar-refractivity contribution in [2.75, 3.05) is 68.2 Å². The first kappa shape index (κ1) is 21.7. The molecule has 2 fully saturated rings. The third-order valence-corrected chi connectivity index (χ3v) is 6.47. The Bertz CT molecular complexity index is 1110. The first-order valence-electron chi connectivity index (χ1n) is 11.1. The Morgan fingerprint density at radius 2 is 1.45 bits per heavy atom. The standard InChI is InChI=1S/C23H28FN7O2/c1-15-5-4-6-17-20(15)27-23(28-21(17)31-13-18(32-2)19(14-31)33-3)30-9-7-29(8-10-30)22-25-11-16(24)12-26-22/h4-6,11-12,18-19H,7-10,13-14H2,1-3H3/t18-,19+. The van der Waals surface area contributed by atoms with E-state index in [1.165, 1.54) is 12.4 Å². The second kappa shape index (κ2) is 9.03. The number of aromatic nitrogens is 4. The summed E-state index contributed by atoms with van der Waals surface area (Å²) >= 11 is 0. The van der Waals surface area contributed by atoms with Gasteiger partial charge in [0.2, 0.25) is 11.9 Å². The number of methoxy groups -OCH3 is 2. The van der Waals surface area contributed by atoms with Gasteiger partial charge in [0.25, 0.3) is 0 Å². The second-order valence-electron chi connectivity index (χ2n) is 8.45. The lowest BCUT2D eigenvalue weighted by Gasteiger charge is -2.35. The van der Waals surface area contributed by atoms with Crippen LogP contribution in [0.5, 0.6) is 0 Å². The maximum absolute atomic E-state index is 13.2. The minimum atomic E-state index is -0.432. The molecule has 3 aromatic rings. The summed E-state index contributed by atoms with van der Waals surface area (Å²) in [6.45, 7) is 6.35. The highest BCUT2D eigenvalue weighted by Crippen LogP contribution is 2.32. The van der Waals surface area contributed by atoms with Crippen molar-refractivity contribution in [2.24, 2.45) is 0 Å². The van der Waals surface area contributed by atoms with Crippen molar-refractivity contribution in [3.8, 4) is 0 Å². The fourth-order valence-electron chi connectivity index (χ4n) is 4.60. The number of hydrogen-bond donors (Lipinski definition) is 0. The highest BCUT2D eigenvalue weighted by atomic mass is 19.1.